The number of hydrogen-bond acceptors (Lipinski definition) is 1. The summed E-state index contributed by atoms with van der Waals surface area (Å²) < 4.78 is 21.5. The number of allylic oxidation sites excluding steroid dienone is 1. The Hall–Kier alpha value is -2.52. The molecular formula is C28H30FOS+. The first-order chi connectivity index (χ1) is 15.1. The van der Waals surface area contributed by atoms with Crippen LogP contribution in [0.5, 0.6) is 5.75 Å². The maximum absolute atomic E-state index is 15.0. The highest BCUT2D eigenvalue weighted by atomic mass is 32.2. The van der Waals surface area contributed by atoms with Gasteiger partial charge in [0, 0.05) is 6.07 Å². The van der Waals surface area contributed by atoms with Gasteiger partial charge in [0.1, 0.15) is 5.60 Å². The summed E-state index contributed by atoms with van der Waals surface area (Å²) in [4.78, 5) is 3.49. The van der Waals surface area contributed by atoms with Crippen molar-refractivity contribution in [1.29, 1.82) is 0 Å². The van der Waals surface area contributed by atoms with Crippen LogP contribution in [0, 0.1) is 5.82 Å². The quantitative estimate of drug-likeness (QED) is 0.283. The molecule has 160 valence electrons. The van der Waals surface area contributed by atoms with Crippen LogP contribution in [-0.4, -0.2) is 5.60 Å². The first-order valence-electron chi connectivity index (χ1n) is 11.1. The molecule has 4 rings (SSSR count). The van der Waals surface area contributed by atoms with Crippen LogP contribution in [0.3, 0.4) is 0 Å². The topological polar surface area (TPSA) is 9.23 Å². The average Bonchev–Trinajstić information content (AvgIpc) is 2.83. The number of hydrogen-bond donors (Lipinski definition) is 0. The third-order valence-corrected chi connectivity index (χ3v) is 8.43. The third-order valence-electron chi connectivity index (χ3n) is 6.21. The van der Waals surface area contributed by atoms with Gasteiger partial charge in [-0.1, -0.05) is 48.9 Å². The van der Waals surface area contributed by atoms with E-state index in [9.17, 15) is 4.39 Å². The summed E-state index contributed by atoms with van der Waals surface area (Å²) in [5, 5.41) is 0. The van der Waals surface area contributed by atoms with Gasteiger partial charge in [-0.3, -0.25) is 0 Å². The van der Waals surface area contributed by atoms with Gasteiger partial charge in [-0.05, 0) is 81.5 Å². The molecule has 0 spiro atoms. The minimum absolute atomic E-state index is 0.290. The van der Waals surface area contributed by atoms with E-state index in [1.54, 1.807) is 6.07 Å². The largest absolute Gasteiger partial charge is 0.480 e. The van der Waals surface area contributed by atoms with Crippen molar-refractivity contribution < 1.29 is 9.13 Å². The van der Waals surface area contributed by atoms with Gasteiger partial charge < -0.3 is 4.74 Å². The summed E-state index contributed by atoms with van der Waals surface area (Å²) in [6.07, 6.45) is 7.45. The van der Waals surface area contributed by atoms with E-state index in [4.69, 9.17) is 4.74 Å². The molecule has 3 aromatic rings. The smallest absolute Gasteiger partial charge is 0.170 e. The summed E-state index contributed by atoms with van der Waals surface area (Å²) in [5.41, 5.74) is 0.798. The monoisotopic (exact) mass is 433 g/mol. The van der Waals surface area contributed by atoms with E-state index in [0.717, 1.165) is 30.6 Å². The van der Waals surface area contributed by atoms with E-state index in [-0.39, 0.29) is 16.7 Å². The summed E-state index contributed by atoms with van der Waals surface area (Å²) in [5.74, 6) is 0.0761. The second-order valence-corrected chi connectivity index (χ2v) is 10.2. The normalized spacial score (nSPS) is 16.3. The van der Waals surface area contributed by atoms with Gasteiger partial charge in [-0.25, -0.2) is 4.39 Å². The van der Waals surface area contributed by atoms with Crippen molar-refractivity contribution in [2.45, 2.75) is 66.2 Å². The molecule has 1 saturated carbocycles. The van der Waals surface area contributed by atoms with Gasteiger partial charge in [0.25, 0.3) is 0 Å². The fraction of sp³-hybridized carbons (Fsp3) is 0.286. The highest BCUT2D eigenvalue weighted by molar-refractivity contribution is 7.97. The predicted octanol–water partition coefficient (Wildman–Crippen LogP) is 7.97. The lowest BCUT2D eigenvalue weighted by Crippen LogP contribution is -2.39. The molecule has 0 aromatic heterocycles. The van der Waals surface area contributed by atoms with Crippen LogP contribution in [0.4, 0.5) is 4.39 Å². The van der Waals surface area contributed by atoms with Crippen LogP contribution in [0.2, 0.25) is 0 Å². The van der Waals surface area contributed by atoms with Gasteiger partial charge in [-0.15, -0.1) is 0 Å². The van der Waals surface area contributed by atoms with Gasteiger partial charge in [0.15, 0.2) is 26.3 Å². The molecule has 0 amide bonds. The minimum Gasteiger partial charge on any atom is -0.480 e. The second kappa shape index (κ2) is 9.74. The zero-order chi connectivity index (χ0) is 21.7. The van der Waals surface area contributed by atoms with E-state index >= 15 is 0 Å². The number of halogens is 1. The van der Waals surface area contributed by atoms with E-state index in [1.165, 1.54) is 21.8 Å². The maximum Gasteiger partial charge on any atom is 0.170 e. The first-order valence-corrected chi connectivity index (χ1v) is 12.3. The molecule has 1 aliphatic carbocycles. The van der Waals surface area contributed by atoms with Crippen LogP contribution < -0.4 is 4.74 Å². The summed E-state index contributed by atoms with van der Waals surface area (Å²) in [6, 6.07) is 26.3. The molecule has 0 unspecified atom stereocenters. The molecule has 0 atom stereocenters. The van der Waals surface area contributed by atoms with Crippen molar-refractivity contribution in [3.8, 4) is 5.75 Å². The molecule has 31 heavy (non-hydrogen) atoms. The van der Waals surface area contributed by atoms with Crippen LogP contribution in [0.25, 0.3) is 0 Å². The molecular weight excluding hydrogens is 403 g/mol. The summed E-state index contributed by atoms with van der Waals surface area (Å²) in [7, 11) is -0.327. The molecule has 0 saturated heterocycles. The summed E-state index contributed by atoms with van der Waals surface area (Å²) >= 11 is 0. The number of ether oxygens (including phenoxy) is 1. The Bertz CT molecular complexity index is 984. The maximum atomic E-state index is 15.0. The SMILES string of the molecule is C/C=C(/C)C1(Oc2cc([S+](c3ccccc3)c3ccccc3)ccc2F)CCCCC1. The third kappa shape index (κ3) is 4.72. The lowest BCUT2D eigenvalue weighted by Gasteiger charge is -2.38. The summed E-state index contributed by atoms with van der Waals surface area (Å²) in [6.45, 7) is 4.16. The van der Waals surface area contributed by atoms with Gasteiger partial charge in [0.2, 0.25) is 0 Å². The molecule has 0 aliphatic heterocycles. The minimum atomic E-state index is -0.398. The van der Waals surface area contributed by atoms with E-state index in [1.807, 2.05) is 31.2 Å². The molecule has 0 N–H and O–H groups in total. The van der Waals surface area contributed by atoms with Crippen LogP contribution in [0.15, 0.2) is 105 Å². The van der Waals surface area contributed by atoms with Gasteiger partial charge in [-0.2, -0.15) is 0 Å². The van der Waals surface area contributed by atoms with Crippen molar-refractivity contribution in [1.82, 2.24) is 0 Å². The Kier molecular flexibility index (Phi) is 6.82. The zero-order valence-electron chi connectivity index (χ0n) is 18.3. The van der Waals surface area contributed by atoms with Crippen LogP contribution >= 0.6 is 0 Å². The molecule has 3 aromatic carbocycles. The lowest BCUT2D eigenvalue weighted by atomic mass is 9.79. The Morgan fingerprint density at radius 1 is 0.839 bits per heavy atom. The first kappa shape index (κ1) is 21.7. The highest BCUT2D eigenvalue weighted by Gasteiger charge is 2.37. The van der Waals surface area contributed by atoms with Crippen LogP contribution in [-0.2, 0) is 10.9 Å². The zero-order valence-corrected chi connectivity index (χ0v) is 19.1. The van der Waals surface area contributed by atoms with Crippen molar-refractivity contribution in [3.63, 3.8) is 0 Å². The molecule has 0 heterocycles. The second-order valence-electron chi connectivity index (χ2n) is 8.15. The highest BCUT2D eigenvalue weighted by Crippen LogP contribution is 2.41. The molecule has 3 heteroatoms. The Balaban J connectivity index is 1.77. The lowest BCUT2D eigenvalue weighted by molar-refractivity contribution is 0.0610. The van der Waals surface area contributed by atoms with Crippen LogP contribution in [0.1, 0.15) is 46.0 Å². The molecule has 1 fully saturated rings. The Morgan fingerprint density at radius 2 is 1.42 bits per heavy atom. The van der Waals surface area contributed by atoms with E-state index in [2.05, 4.69) is 61.5 Å². The van der Waals surface area contributed by atoms with E-state index in [0.29, 0.717) is 5.75 Å². The Morgan fingerprint density at radius 3 is 1.97 bits per heavy atom. The fourth-order valence-corrected chi connectivity index (χ4v) is 6.49. The van der Waals surface area contributed by atoms with Crippen molar-refractivity contribution in [2.24, 2.45) is 0 Å². The van der Waals surface area contributed by atoms with Crippen molar-refractivity contribution >= 4 is 10.9 Å². The van der Waals surface area contributed by atoms with Crippen molar-refractivity contribution in [3.05, 3.63) is 96.3 Å². The standard InChI is InChI=1S/C28H30FOS/c1-3-22(2)28(19-11-6-12-20-28)30-27-21-25(17-18-26(27)29)31(23-13-7-4-8-14-23)24-15-9-5-10-16-24/h3-5,7-10,13-18,21H,6,11-12,19-20H2,1-2H3/q+1/b22-3-. The predicted molar refractivity (Wildman–Crippen MR) is 127 cm³/mol. The molecule has 1 nitrogen and oxygen atoms in total. The molecule has 1 aliphatic rings. The van der Waals surface area contributed by atoms with E-state index < -0.39 is 5.60 Å². The van der Waals surface area contributed by atoms with Gasteiger partial charge in [0.05, 0.1) is 10.9 Å². The molecule has 0 radical (unpaired) electrons. The van der Waals surface area contributed by atoms with Gasteiger partial charge >= 0.3 is 0 Å². The average molecular weight is 434 g/mol. The number of benzene rings is 3. The molecule has 0 bridgehead atoms. The Labute approximate surface area is 188 Å². The fourth-order valence-electron chi connectivity index (χ4n) is 4.38. The van der Waals surface area contributed by atoms with Crippen molar-refractivity contribution in [2.75, 3.05) is 0 Å². The number of rotatable bonds is 6.